The van der Waals surface area contributed by atoms with Gasteiger partial charge in [-0.1, -0.05) is 6.07 Å². The summed E-state index contributed by atoms with van der Waals surface area (Å²) in [5.41, 5.74) is 5.70. The third kappa shape index (κ3) is 4.35. The zero-order valence-corrected chi connectivity index (χ0v) is 8.76. The molecule has 14 heavy (non-hydrogen) atoms. The number of nitrogens with zero attached hydrogens (tertiary/aromatic N) is 2. The molecule has 1 saturated heterocycles. The van der Waals surface area contributed by atoms with Crippen LogP contribution in [0.15, 0.2) is 30.6 Å². The Kier molecular flexibility index (Phi) is 5.19. The molecule has 1 aromatic rings. The van der Waals surface area contributed by atoms with Crippen molar-refractivity contribution in [2.45, 2.75) is 25.4 Å². The van der Waals surface area contributed by atoms with E-state index in [1.165, 1.54) is 25.8 Å². The van der Waals surface area contributed by atoms with Crippen LogP contribution in [0.4, 0.5) is 0 Å². The van der Waals surface area contributed by atoms with E-state index >= 15 is 0 Å². The molecule has 0 radical (unpaired) electrons. The maximum atomic E-state index is 5.70. The minimum atomic E-state index is 0.337. The highest BCUT2D eigenvalue weighted by Gasteiger charge is 2.12. The molecule has 2 heterocycles. The minimum Gasteiger partial charge on any atom is -0.316 e. The molecule has 2 rings (SSSR count). The Hall–Kier alpha value is -0.930. The molecule has 0 spiro atoms. The molecule has 0 aromatic carbocycles. The summed E-state index contributed by atoms with van der Waals surface area (Å²) in [7, 11) is 2.09. The Bertz CT molecular complexity index is 189. The van der Waals surface area contributed by atoms with E-state index in [-0.39, 0.29) is 0 Å². The fraction of sp³-hybridized carbons (Fsp3) is 0.545. The normalized spacial score (nSPS) is 22.3. The van der Waals surface area contributed by atoms with Crippen LogP contribution in [0.2, 0.25) is 0 Å². The van der Waals surface area contributed by atoms with Gasteiger partial charge in [0.15, 0.2) is 0 Å². The molecule has 1 unspecified atom stereocenters. The van der Waals surface area contributed by atoms with Gasteiger partial charge in [0.2, 0.25) is 0 Å². The lowest BCUT2D eigenvalue weighted by atomic mass is 10.1. The highest BCUT2D eigenvalue weighted by molar-refractivity contribution is 4.88. The predicted molar refractivity (Wildman–Crippen MR) is 58.7 cm³/mol. The lowest BCUT2D eigenvalue weighted by Gasteiger charge is -2.28. The highest BCUT2D eigenvalue weighted by atomic mass is 15.2. The van der Waals surface area contributed by atoms with E-state index in [4.69, 9.17) is 5.73 Å². The van der Waals surface area contributed by atoms with Gasteiger partial charge < -0.3 is 5.73 Å². The molecule has 2 N–H and O–H groups in total. The Morgan fingerprint density at radius 1 is 1.21 bits per heavy atom. The molecule has 78 valence electrons. The largest absolute Gasteiger partial charge is 0.316 e. The van der Waals surface area contributed by atoms with E-state index in [1.54, 1.807) is 12.4 Å². The molecule has 3 heteroatoms. The van der Waals surface area contributed by atoms with Crippen molar-refractivity contribution in [3.8, 4) is 0 Å². The van der Waals surface area contributed by atoms with Gasteiger partial charge in [-0.15, -0.1) is 0 Å². The molecule has 0 amide bonds. The zero-order chi connectivity index (χ0) is 10.2. The van der Waals surface area contributed by atoms with Crippen molar-refractivity contribution < 1.29 is 0 Å². The Balaban J connectivity index is 0.000000146. The first-order chi connectivity index (χ1) is 6.80. The first kappa shape index (κ1) is 11.1. The second-order valence-electron chi connectivity index (χ2n) is 3.57. The summed E-state index contributed by atoms with van der Waals surface area (Å²) < 4.78 is 0. The van der Waals surface area contributed by atoms with Crippen molar-refractivity contribution in [2.24, 2.45) is 5.73 Å². The van der Waals surface area contributed by atoms with Crippen molar-refractivity contribution in [3.63, 3.8) is 0 Å². The standard InChI is InChI=1S/C6H14N2.C5H5N/c1-8-5-3-2-4-6(8)7;1-2-4-6-5-3-1/h6H,2-5,7H2,1H3;1-5H. The summed E-state index contributed by atoms with van der Waals surface area (Å²) in [5, 5.41) is 0. The van der Waals surface area contributed by atoms with Gasteiger partial charge >= 0.3 is 0 Å². The Morgan fingerprint density at radius 3 is 2.21 bits per heavy atom. The van der Waals surface area contributed by atoms with Crippen molar-refractivity contribution in [1.82, 2.24) is 9.88 Å². The van der Waals surface area contributed by atoms with Crippen molar-refractivity contribution in [1.29, 1.82) is 0 Å². The quantitative estimate of drug-likeness (QED) is 0.678. The van der Waals surface area contributed by atoms with E-state index < -0.39 is 0 Å². The second-order valence-corrected chi connectivity index (χ2v) is 3.57. The molecule has 0 aliphatic carbocycles. The van der Waals surface area contributed by atoms with Crippen LogP contribution < -0.4 is 5.73 Å². The van der Waals surface area contributed by atoms with E-state index in [0.29, 0.717) is 6.17 Å². The lowest BCUT2D eigenvalue weighted by molar-refractivity contribution is 0.190. The number of nitrogens with two attached hydrogens (primary N) is 1. The molecule has 1 aliphatic rings. The summed E-state index contributed by atoms with van der Waals surface area (Å²) in [5.74, 6) is 0. The van der Waals surface area contributed by atoms with Crippen molar-refractivity contribution >= 4 is 0 Å². The fourth-order valence-electron chi connectivity index (χ4n) is 1.41. The van der Waals surface area contributed by atoms with Gasteiger partial charge in [-0.2, -0.15) is 0 Å². The number of hydrogen-bond donors (Lipinski definition) is 1. The maximum Gasteiger partial charge on any atom is 0.0569 e. The third-order valence-corrected chi connectivity index (χ3v) is 2.39. The van der Waals surface area contributed by atoms with Crippen LogP contribution in [0.5, 0.6) is 0 Å². The Labute approximate surface area is 85.9 Å². The smallest absolute Gasteiger partial charge is 0.0569 e. The van der Waals surface area contributed by atoms with Gasteiger partial charge in [0.25, 0.3) is 0 Å². The molecular formula is C11H19N3. The molecular weight excluding hydrogens is 174 g/mol. The molecule has 1 atom stereocenters. The number of likely N-dealkylation sites (tertiary alicyclic amines) is 1. The summed E-state index contributed by atoms with van der Waals surface area (Å²) in [4.78, 5) is 6.00. The molecule has 0 bridgehead atoms. The van der Waals surface area contributed by atoms with Crippen LogP contribution >= 0.6 is 0 Å². The van der Waals surface area contributed by atoms with Crippen molar-refractivity contribution in [3.05, 3.63) is 30.6 Å². The highest BCUT2D eigenvalue weighted by Crippen LogP contribution is 2.09. The van der Waals surface area contributed by atoms with E-state index in [2.05, 4.69) is 16.9 Å². The van der Waals surface area contributed by atoms with Gasteiger partial charge in [-0.05, 0) is 45.0 Å². The number of pyridine rings is 1. The number of rotatable bonds is 0. The first-order valence-electron chi connectivity index (χ1n) is 5.11. The number of piperidine rings is 1. The average molecular weight is 193 g/mol. The van der Waals surface area contributed by atoms with Gasteiger partial charge in [0, 0.05) is 12.4 Å². The molecule has 1 fully saturated rings. The number of aromatic nitrogens is 1. The van der Waals surface area contributed by atoms with Crippen LogP contribution in [0.1, 0.15) is 19.3 Å². The van der Waals surface area contributed by atoms with E-state index in [9.17, 15) is 0 Å². The maximum absolute atomic E-state index is 5.70. The molecule has 0 saturated carbocycles. The number of hydrogen-bond acceptors (Lipinski definition) is 3. The molecule has 1 aliphatic heterocycles. The minimum absolute atomic E-state index is 0.337. The second kappa shape index (κ2) is 6.51. The summed E-state index contributed by atoms with van der Waals surface area (Å²) in [6.45, 7) is 1.18. The predicted octanol–water partition coefficient (Wildman–Crippen LogP) is 1.47. The van der Waals surface area contributed by atoms with Crippen LogP contribution in [-0.2, 0) is 0 Å². The van der Waals surface area contributed by atoms with Crippen LogP contribution in [-0.4, -0.2) is 29.6 Å². The van der Waals surface area contributed by atoms with E-state index in [0.717, 1.165) is 0 Å². The average Bonchev–Trinajstić information content (AvgIpc) is 2.26. The fourth-order valence-corrected chi connectivity index (χ4v) is 1.41. The lowest BCUT2D eigenvalue weighted by Crippen LogP contribution is -2.42. The third-order valence-electron chi connectivity index (χ3n) is 2.39. The topological polar surface area (TPSA) is 42.1 Å². The zero-order valence-electron chi connectivity index (χ0n) is 8.76. The van der Waals surface area contributed by atoms with Crippen LogP contribution in [0.3, 0.4) is 0 Å². The summed E-state index contributed by atoms with van der Waals surface area (Å²) >= 11 is 0. The summed E-state index contributed by atoms with van der Waals surface area (Å²) in [6, 6.07) is 5.72. The van der Waals surface area contributed by atoms with Crippen LogP contribution in [0.25, 0.3) is 0 Å². The van der Waals surface area contributed by atoms with Gasteiger partial charge in [0.1, 0.15) is 0 Å². The summed E-state index contributed by atoms with van der Waals surface area (Å²) in [6.07, 6.45) is 7.65. The van der Waals surface area contributed by atoms with Gasteiger partial charge in [-0.25, -0.2) is 0 Å². The monoisotopic (exact) mass is 193 g/mol. The molecule has 3 nitrogen and oxygen atoms in total. The molecule has 1 aromatic heterocycles. The van der Waals surface area contributed by atoms with E-state index in [1.807, 2.05) is 18.2 Å². The first-order valence-corrected chi connectivity index (χ1v) is 5.11. The SMILES string of the molecule is CN1CCCCC1N.c1ccncc1. The van der Waals surface area contributed by atoms with Crippen molar-refractivity contribution in [2.75, 3.05) is 13.6 Å². The Morgan fingerprint density at radius 2 is 1.93 bits per heavy atom. The van der Waals surface area contributed by atoms with Crippen LogP contribution in [0, 0.1) is 0 Å². The van der Waals surface area contributed by atoms with Gasteiger partial charge in [-0.3, -0.25) is 9.88 Å². The van der Waals surface area contributed by atoms with Gasteiger partial charge in [0.05, 0.1) is 6.17 Å².